The molecule has 1 fully saturated rings. The van der Waals surface area contributed by atoms with Crippen LogP contribution in [0.25, 0.3) is 21.9 Å². The molecule has 0 aliphatic carbocycles. The van der Waals surface area contributed by atoms with Crippen LogP contribution in [0.4, 0.5) is 4.39 Å². The molecular formula is C27H32FNO2. The van der Waals surface area contributed by atoms with Gasteiger partial charge in [0, 0.05) is 13.1 Å². The zero-order valence-corrected chi connectivity index (χ0v) is 18.6. The van der Waals surface area contributed by atoms with Crippen molar-refractivity contribution >= 4 is 10.8 Å². The van der Waals surface area contributed by atoms with Crippen LogP contribution in [0.15, 0.2) is 54.6 Å². The van der Waals surface area contributed by atoms with E-state index < -0.39 is 6.17 Å². The van der Waals surface area contributed by atoms with Crippen molar-refractivity contribution in [3.8, 4) is 22.6 Å². The zero-order chi connectivity index (χ0) is 21.6. The second kappa shape index (κ2) is 10.1. The van der Waals surface area contributed by atoms with Gasteiger partial charge in [-0.3, -0.25) is 4.90 Å². The Morgan fingerprint density at radius 2 is 1.77 bits per heavy atom. The monoisotopic (exact) mass is 421 g/mol. The van der Waals surface area contributed by atoms with Crippen LogP contribution in [0.3, 0.4) is 0 Å². The Morgan fingerprint density at radius 1 is 1.00 bits per heavy atom. The molecule has 164 valence electrons. The molecule has 1 saturated heterocycles. The number of methoxy groups -OCH3 is 1. The molecule has 0 aromatic heterocycles. The van der Waals surface area contributed by atoms with Crippen molar-refractivity contribution in [2.24, 2.45) is 0 Å². The molecule has 0 N–H and O–H groups in total. The number of hydrogen-bond acceptors (Lipinski definition) is 3. The highest BCUT2D eigenvalue weighted by atomic mass is 19.1. The van der Waals surface area contributed by atoms with Gasteiger partial charge in [0.05, 0.1) is 12.7 Å². The summed E-state index contributed by atoms with van der Waals surface area (Å²) in [6.07, 6.45) is 3.05. The maximum Gasteiger partial charge on any atom is 0.130 e. The molecule has 1 unspecified atom stereocenters. The summed E-state index contributed by atoms with van der Waals surface area (Å²) >= 11 is 0. The number of ether oxygens (including phenoxy) is 2. The second-order valence-electron chi connectivity index (χ2n) is 8.29. The van der Waals surface area contributed by atoms with Crippen LogP contribution in [0, 0.1) is 0 Å². The van der Waals surface area contributed by atoms with E-state index >= 15 is 0 Å². The summed E-state index contributed by atoms with van der Waals surface area (Å²) in [6, 6.07) is 18.9. The molecule has 1 aliphatic rings. The van der Waals surface area contributed by atoms with Gasteiger partial charge in [-0.2, -0.15) is 0 Å². The molecule has 4 rings (SSSR count). The van der Waals surface area contributed by atoms with Crippen molar-refractivity contribution in [3.63, 3.8) is 0 Å². The van der Waals surface area contributed by atoms with Gasteiger partial charge < -0.3 is 9.47 Å². The van der Waals surface area contributed by atoms with Crippen LogP contribution in [0.1, 0.15) is 31.7 Å². The minimum Gasteiger partial charge on any atom is -0.496 e. The highest BCUT2D eigenvalue weighted by Crippen LogP contribution is 2.42. The van der Waals surface area contributed by atoms with E-state index in [0.29, 0.717) is 19.6 Å². The molecule has 31 heavy (non-hydrogen) atoms. The van der Waals surface area contributed by atoms with Crippen LogP contribution >= 0.6 is 0 Å². The standard InChI is InChI=1S/C27H32FNO2/c1-3-8-20-9-4-12-23-22(20)11-5-13-24(23)27-25(30-2)14-6-15-26(27)31-18-17-29-16-7-10-21(28)19-29/h4-6,9,11-15,21H,3,7-8,10,16-19H2,1-2H3. The van der Waals surface area contributed by atoms with Crippen LogP contribution in [0.2, 0.25) is 0 Å². The highest BCUT2D eigenvalue weighted by Gasteiger charge is 2.20. The number of fused-ring (bicyclic) bond motifs is 1. The Morgan fingerprint density at radius 3 is 2.58 bits per heavy atom. The SMILES string of the molecule is CCCc1cccc2c(-c3c(OC)cccc3OCCN3CCCC(F)C3)cccc12. The van der Waals surface area contributed by atoms with E-state index in [1.807, 2.05) is 18.2 Å². The Bertz CT molecular complexity index is 1020. The molecule has 1 aliphatic heterocycles. The zero-order valence-electron chi connectivity index (χ0n) is 18.6. The molecule has 1 heterocycles. The van der Waals surface area contributed by atoms with E-state index in [2.05, 4.69) is 48.2 Å². The molecule has 3 aromatic rings. The summed E-state index contributed by atoms with van der Waals surface area (Å²) in [6.45, 7) is 4.92. The van der Waals surface area contributed by atoms with Crippen molar-refractivity contribution in [1.82, 2.24) is 4.90 Å². The first kappa shape index (κ1) is 21.6. The average molecular weight is 422 g/mol. The van der Waals surface area contributed by atoms with Crippen LogP contribution in [0.5, 0.6) is 11.5 Å². The van der Waals surface area contributed by atoms with E-state index in [9.17, 15) is 4.39 Å². The topological polar surface area (TPSA) is 21.7 Å². The molecular weight excluding hydrogens is 389 g/mol. The lowest BCUT2D eigenvalue weighted by molar-refractivity contribution is 0.121. The van der Waals surface area contributed by atoms with Gasteiger partial charge in [-0.15, -0.1) is 0 Å². The molecule has 0 amide bonds. The molecule has 3 nitrogen and oxygen atoms in total. The van der Waals surface area contributed by atoms with Crippen LogP contribution < -0.4 is 9.47 Å². The molecule has 0 radical (unpaired) electrons. The van der Waals surface area contributed by atoms with Gasteiger partial charge in [0.1, 0.15) is 24.3 Å². The van der Waals surface area contributed by atoms with Gasteiger partial charge in [-0.1, -0.05) is 55.8 Å². The number of nitrogens with zero attached hydrogens (tertiary/aromatic N) is 1. The lowest BCUT2D eigenvalue weighted by Crippen LogP contribution is -2.38. The maximum atomic E-state index is 13.7. The number of likely N-dealkylation sites (tertiary alicyclic amines) is 1. The van der Waals surface area contributed by atoms with Crippen molar-refractivity contribution in [3.05, 3.63) is 60.2 Å². The summed E-state index contributed by atoms with van der Waals surface area (Å²) in [5, 5.41) is 2.49. The first-order valence-electron chi connectivity index (χ1n) is 11.4. The predicted molar refractivity (Wildman–Crippen MR) is 126 cm³/mol. The van der Waals surface area contributed by atoms with E-state index in [4.69, 9.17) is 9.47 Å². The van der Waals surface area contributed by atoms with Crippen molar-refractivity contribution < 1.29 is 13.9 Å². The lowest BCUT2D eigenvalue weighted by atomic mass is 9.93. The van der Waals surface area contributed by atoms with Crippen molar-refractivity contribution in [2.75, 3.05) is 33.4 Å². The molecule has 0 spiro atoms. The van der Waals surface area contributed by atoms with Gasteiger partial charge in [-0.05, 0) is 59.8 Å². The fourth-order valence-electron chi connectivity index (χ4n) is 4.63. The van der Waals surface area contributed by atoms with E-state index in [0.717, 1.165) is 55.0 Å². The number of alkyl halides is 1. The molecule has 4 heteroatoms. The fraction of sp³-hybridized carbons (Fsp3) is 0.407. The molecule has 0 bridgehead atoms. The third kappa shape index (κ3) is 4.85. The maximum absolute atomic E-state index is 13.7. The van der Waals surface area contributed by atoms with Crippen LogP contribution in [-0.2, 0) is 6.42 Å². The van der Waals surface area contributed by atoms with E-state index in [-0.39, 0.29) is 0 Å². The Hall–Kier alpha value is -2.59. The van der Waals surface area contributed by atoms with Gasteiger partial charge >= 0.3 is 0 Å². The van der Waals surface area contributed by atoms with E-state index in [1.165, 1.54) is 16.3 Å². The first-order chi connectivity index (χ1) is 15.2. The normalized spacial score (nSPS) is 17.1. The summed E-state index contributed by atoms with van der Waals surface area (Å²) in [5.41, 5.74) is 3.46. The Balaban J connectivity index is 1.66. The van der Waals surface area contributed by atoms with Crippen LogP contribution in [-0.4, -0.2) is 44.4 Å². The van der Waals surface area contributed by atoms with Gasteiger partial charge in [0.15, 0.2) is 0 Å². The third-order valence-corrected chi connectivity index (χ3v) is 6.12. The largest absolute Gasteiger partial charge is 0.496 e. The average Bonchev–Trinajstić information content (AvgIpc) is 2.79. The number of piperidine rings is 1. The number of rotatable bonds is 8. The minimum absolute atomic E-state index is 0.512. The molecule has 3 aromatic carbocycles. The van der Waals surface area contributed by atoms with E-state index in [1.54, 1.807) is 7.11 Å². The van der Waals surface area contributed by atoms with Gasteiger partial charge in [-0.25, -0.2) is 4.39 Å². The smallest absolute Gasteiger partial charge is 0.130 e. The lowest BCUT2D eigenvalue weighted by Gasteiger charge is -2.28. The Kier molecular flexibility index (Phi) is 7.08. The molecule has 1 atom stereocenters. The summed E-state index contributed by atoms with van der Waals surface area (Å²) in [7, 11) is 1.70. The number of aryl methyl sites for hydroxylation is 1. The summed E-state index contributed by atoms with van der Waals surface area (Å²) in [4.78, 5) is 2.16. The summed E-state index contributed by atoms with van der Waals surface area (Å²) in [5.74, 6) is 1.61. The number of hydrogen-bond donors (Lipinski definition) is 0. The van der Waals surface area contributed by atoms with Gasteiger partial charge in [0.2, 0.25) is 0 Å². The Labute approximate surface area is 184 Å². The highest BCUT2D eigenvalue weighted by molar-refractivity contribution is 6.01. The fourth-order valence-corrected chi connectivity index (χ4v) is 4.63. The second-order valence-corrected chi connectivity index (χ2v) is 8.29. The van der Waals surface area contributed by atoms with Crippen molar-refractivity contribution in [2.45, 2.75) is 38.8 Å². The first-order valence-corrected chi connectivity index (χ1v) is 11.4. The number of benzene rings is 3. The predicted octanol–water partition coefficient (Wildman–Crippen LogP) is 6.28. The summed E-state index contributed by atoms with van der Waals surface area (Å²) < 4.78 is 25.7. The van der Waals surface area contributed by atoms with Crippen molar-refractivity contribution in [1.29, 1.82) is 0 Å². The minimum atomic E-state index is -0.714. The third-order valence-electron chi connectivity index (χ3n) is 6.12. The quantitative estimate of drug-likeness (QED) is 0.427. The number of halogens is 1. The molecule has 0 saturated carbocycles. The van der Waals surface area contributed by atoms with Gasteiger partial charge in [0.25, 0.3) is 0 Å².